The van der Waals surface area contributed by atoms with E-state index in [0.29, 0.717) is 34.6 Å². The minimum absolute atomic E-state index is 0.00834. The fraction of sp³-hybridized carbons (Fsp3) is 0.161. The molecule has 0 atom stereocenters. The fourth-order valence-electron chi connectivity index (χ4n) is 5.02. The highest BCUT2D eigenvalue weighted by Crippen LogP contribution is 2.32. The number of aromatic nitrogens is 2. The lowest BCUT2D eigenvalue weighted by Crippen LogP contribution is -2.38. The molecule has 11 heteroatoms. The van der Waals surface area contributed by atoms with Crippen LogP contribution in [0.25, 0.3) is 11.0 Å². The predicted octanol–water partition coefficient (Wildman–Crippen LogP) is 7.48. The molecule has 2 N–H and O–H groups in total. The lowest BCUT2D eigenvalue weighted by Gasteiger charge is -2.31. The van der Waals surface area contributed by atoms with Gasteiger partial charge in [-0.3, -0.25) is 9.52 Å². The van der Waals surface area contributed by atoms with Crippen LogP contribution in [0.3, 0.4) is 0 Å². The highest BCUT2D eigenvalue weighted by molar-refractivity contribution is 7.92. The second kappa shape index (κ2) is 11.7. The van der Waals surface area contributed by atoms with Crippen LogP contribution in [0.4, 0.5) is 5.69 Å². The van der Waals surface area contributed by atoms with Gasteiger partial charge in [0.2, 0.25) is 0 Å². The lowest BCUT2D eigenvalue weighted by molar-refractivity contribution is 0.0712. The molecular formula is C31H26Cl2N4O4S. The molecule has 1 amide bonds. The Kier molecular flexibility index (Phi) is 7.81. The van der Waals surface area contributed by atoms with Crippen molar-refractivity contribution in [2.75, 3.05) is 17.8 Å². The van der Waals surface area contributed by atoms with Crippen molar-refractivity contribution < 1.29 is 17.9 Å². The first-order valence-electron chi connectivity index (χ1n) is 13.4. The average Bonchev–Trinajstić information content (AvgIpc) is 3.44. The summed E-state index contributed by atoms with van der Waals surface area (Å²) in [5, 5.41) is 0.772. The Morgan fingerprint density at radius 2 is 1.64 bits per heavy atom. The number of imidazole rings is 1. The van der Waals surface area contributed by atoms with Crippen LogP contribution in [0.15, 0.2) is 95.9 Å². The number of halogens is 2. The first kappa shape index (κ1) is 28.1. The van der Waals surface area contributed by atoms with E-state index in [1.54, 1.807) is 35.2 Å². The van der Waals surface area contributed by atoms with Crippen LogP contribution in [0, 0.1) is 0 Å². The van der Waals surface area contributed by atoms with E-state index >= 15 is 0 Å². The van der Waals surface area contributed by atoms with Gasteiger partial charge in [0.25, 0.3) is 15.9 Å². The highest BCUT2D eigenvalue weighted by Gasteiger charge is 2.28. The summed E-state index contributed by atoms with van der Waals surface area (Å²) in [6.07, 6.45) is 1.46. The van der Waals surface area contributed by atoms with Gasteiger partial charge >= 0.3 is 0 Å². The first-order chi connectivity index (χ1) is 20.3. The SMILES string of the molecule is O=C(c1cc(Cl)ccc1NS(=O)(=O)c1ccc(Oc2ccccc2Cl)cc1)N1CCC(c2nc3ccccc3[nH]2)CC1. The van der Waals surface area contributed by atoms with Gasteiger partial charge in [-0.05, 0) is 79.6 Å². The van der Waals surface area contributed by atoms with Crippen molar-refractivity contribution >= 4 is 55.9 Å². The summed E-state index contributed by atoms with van der Waals surface area (Å²) in [4.78, 5) is 23.5. The maximum Gasteiger partial charge on any atom is 0.261 e. The number of likely N-dealkylation sites (tertiary alicyclic amines) is 1. The van der Waals surface area contributed by atoms with Crippen LogP contribution in [0.2, 0.25) is 10.0 Å². The smallest absolute Gasteiger partial charge is 0.261 e. The second-order valence-electron chi connectivity index (χ2n) is 10.0. The Labute approximate surface area is 253 Å². The normalized spacial score (nSPS) is 14.2. The third kappa shape index (κ3) is 5.94. The second-order valence-corrected chi connectivity index (χ2v) is 12.5. The average molecular weight is 622 g/mol. The van der Waals surface area contributed by atoms with Gasteiger partial charge < -0.3 is 14.6 Å². The quantitative estimate of drug-likeness (QED) is 0.196. The predicted molar refractivity (Wildman–Crippen MR) is 164 cm³/mol. The van der Waals surface area contributed by atoms with Gasteiger partial charge in [0.15, 0.2) is 0 Å². The summed E-state index contributed by atoms with van der Waals surface area (Å²) in [5.41, 5.74) is 2.25. The van der Waals surface area contributed by atoms with E-state index < -0.39 is 10.0 Å². The molecule has 6 rings (SSSR count). The number of aromatic amines is 1. The van der Waals surface area contributed by atoms with Crippen LogP contribution >= 0.6 is 23.2 Å². The molecule has 0 saturated carbocycles. The number of carbonyl (C=O) groups excluding carboxylic acids is 1. The van der Waals surface area contributed by atoms with Crippen molar-refractivity contribution in [3.8, 4) is 11.5 Å². The largest absolute Gasteiger partial charge is 0.456 e. The van der Waals surface area contributed by atoms with E-state index in [0.717, 1.165) is 29.7 Å². The van der Waals surface area contributed by atoms with E-state index in [2.05, 4.69) is 9.71 Å². The molecule has 0 spiro atoms. The molecule has 1 fully saturated rings. The van der Waals surface area contributed by atoms with Crippen molar-refractivity contribution in [1.82, 2.24) is 14.9 Å². The molecule has 0 aliphatic carbocycles. The monoisotopic (exact) mass is 620 g/mol. The number of sulfonamides is 1. The van der Waals surface area contributed by atoms with Crippen LogP contribution in [-0.4, -0.2) is 42.3 Å². The third-order valence-electron chi connectivity index (χ3n) is 7.23. The van der Waals surface area contributed by atoms with Crippen LogP contribution in [-0.2, 0) is 10.0 Å². The third-order valence-corrected chi connectivity index (χ3v) is 9.16. The lowest BCUT2D eigenvalue weighted by atomic mass is 9.95. The molecule has 0 radical (unpaired) electrons. The molecule has 0 bridgehead atoms. The van der Waals surface area contributed by atoms with Gasteiger partial charge in [0.05, 0.1) is 32.2 Å². The molecular weight excluding hydrogens is 595 g/mol. The Balaban J connectivity index is 1.16. The van der Waals surface area contributed by atoms with E-state index in [9.17, 15) is 13.2 Å². The van der Waals surface area contributed by atoms with Gasteiger partial charge in [-0.15, -0.1) is 0 Å². The van der Waals surface area contributed by atoms with E-state index in [1.165, 1.54) is 36.4 Å². The number of para-hydroxylation sites is 3. The Morgan fingerprint density at radius 3 is 2.38 bits per heavy atom. The van der Waals surface area contributed by atoms with E-state index in [1.807, 2.05) is 24.3 Å². The molecule has 8 nitrogen and oxygen atoms in total. The summed E-state index contributed by atoms with van der Waals surface area (Å²) in [7, 11) is -4.03. The van der Waals surface area contributed by atoms with E-state index in [-0.39, 0.29) is 28.0 Å². The van der Waals surface area contributed by atoms with Crippen molar-refractivity contribution in [2.24, 2.45) is 0 Å². The maximum absolute atomic E-state index is 13.6. The molecule has 0 unspecified atom stereocenters. The number of hydrogen-bond donors (Lipinski definition) is 2. The molecule has 1 aromatic heterocycles. The standard InChI is InChI=1S/C31H26Cl2N4O4S/c32-21-9-14-26(36-42(39,40)23-12-10-22(11-13-23)41-29-8-4-1-5-25(29)33)24(19-21)31(38)37-17-15-20(16-18-37)30-34-27-6-2-3-7-28(27)35-30/h1-14,19-20,36H,15-18H2,(H,34,35). The Morgan fingerprint density at radius 1 is 0.929 bits per heavy atom. The molecule has 214 valence electrons. The molecule has 2 heterocycles. The van der Waals surface area contributed by atoms with E-state index in [4.69, 9.17) is 32.9 Å². The van der Waals surface area contributed by atoms with Gasteiger partial charge in [-0.2, -0.15) is 0 Å². The fourth-order valence-corrected chi connectivity index (χ4v) is 6.45. The number of carbonyl (C=O) groups is 1. The van der Waals surface area contributed by atoms with Crippen molar-refractivity contribution in [2.45, 2.75) is 23.7 Å². The highest BCUT2D eigenvalue weighted by atomic mass is 35.5. The van der Waals surface area contributed by atoms with Crippen molar-refractivity contribution in [1.29, 1.82) is 0 Å². The minimum Gasteiger partial charge on any atom is -0.456 e. The number of ether oxygens (including phenoxy) is 1. The molecule has 1 aliphatic rings. The van der Waals surface area contributed by atoms with Crippen molar-refractivity contribution in [3.05, 3.63) is 112 Å². The molecule has 1 saturated heterocycles. The summed E-state index contributed by atoms with van der Waals surface area (Å²) >= 11 is 12.4. The number of nitrogens with one attached hydrogen (secondary N) is 2. The maximum atomic E-state index is 13.6. The molecule has 4 aromatic carbocycles. The first-order valence-corrected chi connectivity index (χ1v) is 15.6. The van der Waals surface area contributed by atoms with Crippen LogP contribution < -0.4 is 9.46 Å². The summed E-state index contributed by atoms with van der Waals surface area (Å²) < 4.78 is 34.9. The zero-order chi connectivity index (χ0) is 29.3. The number of hydrogen-bond acceptors (Lipinski definition) is 5. The topological polar surface area (TPSA) is 104 Å². The number of rotatable bonds is 7. The Bertz CT molecular complexity index is 1830. The number of piperidine rings is 1. The molecule has 5 aromatic rings. The van der Waals surface area contributed by atoms with Crippen LogP contribution in [0.1, 0.15) is 34.9 Å². The number of amides is 1. The minimum atomic E-state index is -4.03. The molecule has 42 heavy (non-hydrogen) atoms. The van der Waals surface area contributed by atoms with Gasteiger partial charge in [-0.1, -0.05) is 47.5 Å². The summed E-state index contributed by atoms with van der Waals surface area (Å²) in [6, 6.07) is 25.4. The summed E-state index contributed by atoms with van der Waals surface area (Å²) in [6.45, 7) is 1.01. The number of fused-ring (bicyclic) bond motifs is 1. The van der Waals surface area contributed by atoms with Crippen LogP contribution in [0.5, 0.6) is 11.5 Å². The van der Waals surface area contributed by atoms with Gasteiger partial charge in [0.1, 0.15) is 17.3 Å². The number of anilines is 1. The van der Waals surface area contributed by atoms with Gasteiger partial charge in [0, 0.05) is 24.0 Å². The zero-order valence-electron chi connectivity index (χ0n) is 22.3. The summed E-state index contributed by atoms with van der Waals surface area (Å²) in [5.74, 6) is 1.71. The zero-order valence-corrected chi connectivity index (χ0v) is 24.6. The van der Waals surface area contributed by atoms with Crippen molar-refractivity contribution in [3.63, 3.8) is 0 Å². The number of H-pyrrole nitrogens is 1. The number of nitrogens with zero attached hydrogens (tertiary/aromatic N) is 2. The molecule has 1 aliphatic heterocycles. The Hall–Kier alpha value is -4.05. The van der Waals surface area contributed by atoms with Gasteiger partial charge in [-0.25, -0.2) is 13.4 Å². The number of benzene rings is 4.